The van der Waals surface area contributed by atoms with Gasteiger partial charge >= 0.3 is 11.9 Å². The van der Waals surface area contributed by atoms with Gasteiger partial charge in [0.1, 0.15) is 5.60 Å². The van der Waals surface area contributed by atoms with E-state index in [4.69, 9.17) is 4.74 Å². The van der Waals surface area contributed by atoms with Gasteiger partial charge in [0.25, 0.3) is 0 Å². The third-order valence-corrected chi connectivity index (χ3v) is 1.71. The summed E-state index contributed by atoms with van der Waals surface area (Å²) >= 11 is 0. The van der Waals surface area contributed by atoms with Gasteiger partial charge in [-0.25, -0.2) is 4.79 Å². The Labute approximate surface area is 97.7 Å². The molecule has 0 saturated carbocycles. The first kappa shape index (κ1) is 12.9. The second-order valence-electron chi connectivity index (χ2n) is 4.41. The van der Waals surface area contributed by atoms with Gasteiger partial charge in [-0.3, -0.25) is 9.88 Å². The molecule has 1 heterocycles. The highest BCUT2D eigenvalue weighted by Crippen LogP contribution is 2.21. The number of imidazole rings is 1. The van der Waals surface area contributed by atoms with E-state index in [1.165, 1.54) is 17.9 Å². The van der Waals surface area contributed by atoms with Gasteiger partial charge in [-0.1, -0.05) is 0 Å². The van der Waals surface area contributed by atoms with Crippen molar-refractivity contribution in [2.24, 2.45) is 7.05 Å². The largest absolute Gasteiger partial charge is 0.444 e. The fourth-order valence-corrected chi connectivity index (χ4v) is 1.10. The minimum Gasteiger partial charge on any atom is -0.444 e. The summed E-state index contributed by atoms with van der Waals surface area (Å²) in [7, 11) is 1.53. The Bertz CT molecular complexity index is 446. The number of anilines is 1. The molecule has 1 aromatic heterocycles. The number of rotatable bonds is 2. The Morgan fingerprint density at radius 2 is 2.18 bits per heavy atom. The number of aryl methyl sites for hydroxylation is 1. The second-order valence-corrected chi connectivity index (χ2v) is 4.41. The number of amides is 1. The van der Waals surface area contributed by atoms with Gasteiger partial charge < -0.3 is 14.9 Å². The molecule has 17 heavy (non-hydrogen) atoms. The first-order valence-electron chi connectivity index (χ1n) is 4.86. The van der Waals surface area contributed by atoms with Gasteiger partial charge in [-0.05, 0) is 30.7 Å². The van der Waals surface area contributed by atoms with E-state index >= 15 is 0 Å². The molecule has 0 saturated heterocycles. The summed E-state index contributed by atoms with van der Waals surface area (Å²) in [6, 6.07) is 0. The molecule has 0 aliphatic heterocycles. The van der Waals surface area contributed by atoms with Gasteiger partial charge in [0.15, 0.2) is 0 Å². The van der Waals surface area contributed by atoms with Crippen LogP contribution in [0, 0.1) is 10.1 Å². The van der Waals surface area contributed by atoms with Crippen LogP contribution in [-0.2, 0) is 11.8 Å². The fourth-order valence-electron chi connectivity index (χ4n) is 1.10. The lowest BCUT2D eigenvalue weighted by molar-refractivity contribution is -0.388. The average Bonchev–Trinajstić information content (AvgIpc) is 2.44. The first-order chi connectivity index (χ1) is 7.70. The summed E-state index contributed by atoms with van der Waals surface area (Å²) in [5.41, 5.74) is -0.669. The summed E-state index contributed by atoms with van der Waals surface area (Å²) in [5.74, 6) is -0.428. The molecule has 0 atom stereocenters. The Morgan fingerprint density at radius 1 is 1.59 bits per heavy atom. The topological polar surface area (TPSA) is 99.3 Å². The van der Waals surface area contributed by atoms with Crippen molar-refractivity contribution in [3.63, 3.8) is 0 Å². The number of nitro groups is 1. The predicted molar refractivity (Wildman–Crippen MR) is 59.7 cm³/mol. The number of nitrogens with zero attached hydrogens (tertiary/aromatic N) is 3. The van der Waals surface area contributed by atoms with Crippen molar-refractivity contribution in [2.75, 3.05) is 5.32 Å². The minimum atomic E-state index is -0.760. The van der Waals surface area contributed by atoms with E-state index in [0.717, 1.165) is 0 Å². The van der Waals surface area contributed by atoms with Crippen LogP contribution in [0.25, 0.3) is 0 Å². The van der Waals surface area contributed by atoms with Crippen molar-refractivity contribution in [3.05, 3.63) is 16.4 Å². The molecule has 1 rings (SSSR count). The van der Waals surface area contributed by atoms with Gasteiger partial charge in [-0.15, -0.1) is 0 Å². The zero-order chi connectivity index (χ0) is 13.2. The van der Waals surface area contributed by atoms with Crippen LogP contribution >= 0.6 is 0 Å². The maximum absolute atomic E-state index is 11.5. The molecule has 0 radical (unpaired) electrons. The highest BCUT2D eigenvalue weighted by atomic mass is 16.6. The molecule has 0 aromatic carbocycles. The minimum absolute atomic E-state index is 0.00995. The van der Waals surface area contributed by atoms with E-state index in [2.05, 4.69) is 10.3 Å². The molecule has 1 N–H and O–H groups in total. The SMILES string of the molecule is Cn1cnc([N+](=O)[O-])c1NC(=O)OC(C)(C)C. The zero-order valence-corrected chi connectivity index (χ0v) is 10.1. The molecule has 0 fully saturated rings. The molecule has 0 spiro atoms. The number of carbonyl (C=O) groups excluding carboxylic acids is 1. The van der Waals surface area contributed by atoms with E-state index in [9.17, 15) is 14.9 Å². The Hall–Kier alpha value is -2.12. The molecule has 0 aliphatic carbocycles. The molecule has 8 heteroatoms. The fraction of sp³-hybridized carbons (Fsp3) is 0.556. The Morgan fingerprint density at radius 3 is 2.65 bits per heavy atom. The predicted octanol–water partition coefficient (Wildman–Crippen LogP) is 1.68. The van der Waals surface area contributed by atoms with Crippen LogP contribution in [0.15, 0.2) is 6.33 Å². The second kappa shape index (κ2) is 4.40. The third-order valence-electron chi connectivity index (χ3n) is 1.71. The van der Waals surface area contributed by atoms with E-state index in [1.807, 2.05) is 0 Å². The number of nitrogens with one attached hydrogen (secondary N) is 1. The lowest BCUT2D eigenvalue weighted by atomic mass is 10.2. The lowest BCUT2D eigenvalue weighted by Gasteiger charge is -2.19. The third kappa shape index (κ3) is 3.44. The van der Waals surface area contributed by atoms with E-state index in [1.54, 1.807) is 20.8 Å². The Balaban J connectivity index is 2.85. The van der Waals surface area contributed by atoms with Gasteiger partial charge in [0.05, 0.1) is 0 Å². The summed E-state index contributed by atoms with van der Waals surface area (Å²) in [4.78, 5) is 25.0. The molecule has 0 bridgehead atoms. The van der Waals surface area contributed by atoms with E-state index in [0.29, 0.717) is 0 Å². The van der Waals surface area contributed by atoms with Crippen molar-refractivity contribution in [1.82, 2.24) is 9.55 Å². The molecule has 0 aliphatic rings. The van der Waals surface area contributed by atoms with Crippen LogP contribution in [0.5, 0.6) is 0 Å². The van der Waals surface area contributed by atoms with E-state index < -0.39 is 22.4 Å². The lowest BCUT2D eigenvalue weighted by Crippen LogP contribution is -2.28. The molecule has 1 amide bonds. The van der Waals surface area contributed by atoms with Crippen molar-refractivity contribution in [2.45, 2.75) is 26.4 Å². The van der Waals surface area contributed by atoms with Gasteiger partial charge in [0.2, 0.25) is 12.1 Å². The highest BCUT2D eigenvalue weighted by molar-refractivity contribution is 5.86. The first-order valence-corrected chi connectivity index (χ1v) is 4.86. The van der Waals surface area contributed by atoms with Crippen molar-refractivity contribution in [3.8, 4) is 0 Å². The van der Waals surface area contributed by atoms with Crippen LogP contribution in [-0.4, -0.2) is 26.2 Å². The molecule has 94 valence electrons. The Kier molecular flexibility index (Phi) is 3.35. The maximum atomic E-state index is 11.5. The quantitative estimate of drug-likeness (QED) is 0.628. The normalized spacial score (nSPS) is 11.1. The molecular weight excluding hydrogens is 228 g/mol. The summed E-state index contributed by atoms with van der Waals surface area (Å²) in [5, 5.41) is 12.9. The van der Waals surface area contributed by atoms with Crippen molar-refractivity contribution < 1.29 is 14.5 Å². The molecule has 0 unspecified atom stereocenters. The number of hydrogen-bond acceptors (Lipinski definition) is 5. The smallest absolute Gasteiger partial charge is 0.413 e. The summed E-state index contributed by atoms with van der Waals surface area (Å²) < 4.78 is 6.32. The number of ether oxygens (including phenoxy) is 1. The van der Waals surface area contributed by atoms with Crippen LogP contribution < -0.4 is 5.32 Å². The summed E-state index contributed by atoms with van der Waals surface area (Å²) in [6.45, 7) is 5.10. The van der Waals surface area contributed by atoms with Crippen molar-refractivity contribution >= 4 is 17.7 Å². The highest BCUT2D eigenvalue weighted by Gasteiger charge is 2.24. The monoisotopic (exact) mass is 242 g/mol. The zero-order valence-electron chi connectivity index (χ0n) is 10.1. The van der Waals surface area contributed by atoms with E-state index in [-0.39, 0.29) is 5.82 Å². The van der Waals surface area contributed by atoms with Crippen molar-refractivity contribution in [1.29, 1.82) is 0 Å². The van der Waals surface area contributed by atoms with Crippen LogP contribution in [0.4, 0.5) is 16.4 Å². The van der Waals surface area contributed by atoms with Crippen LogP contribution in [0.2, 0.25) is 0 Å². The van der Waals surface area contributed by atoms with Crippen LogP contribution in [0.1, 0.15) is 20.8 Å². The average molecular weight is 242 g/mol. The number of hydrogen-bond donors (Lipinski definition) is 1. The number of carbonyl (C=O) groups is 1. The van der Waals surface area contributed by atoms with Gasteiger partial charge in [-0.2, -0.15) is 0 Å². The standard InChI is InChI=1S/C9H14N4O4/c1-9(2,3)17-8(14)11-7-6(13(15)16)10-5-12(7)4/h5H,1-4H3,(H,11,14). The molecular formula is C9H14N4O4. The summed E-state index contributed by atoms with van der Waals surface area (Å²) in [6.07, 6.45) is 0.481. The van der Waals surface area contributed by atoms with Gasteiger partial charge in [0, 0.05) is 7.05 Å². The maximum Gasteiger partial charge on any atom is 0.413 e. The molecule has 1 aromatic rings. The number of aromatic nitrogens is 2. The van der Waals surface area contributed by atoms with Crippen LogP contribution in [0.3, 0.4) is 0 Å². The molecule has 8 nitrogen and oxygen atoms in total.